The molecule has 4 rings (SSSR count). The van der Waals surface area contributed by atoms with Crippen LogP contribution in [0.1, 0.15) is 34.6 Å². The number of thioether (sulfide) groups is 1. The lowest BCUT2D eigenvalue weighted by molar-refractivity contribution is 0.0957. The van der Waals surface area contributed by atoms with Crippen molar-refractivity contribution in [2.45, 2.75) is 44.6 Å². The molecular formula is C23H27N3O5S. The molecule has 0 saturated carbocycles. The van der Waals surface area contributed by atoms with E-state index in [2.05, 4.69) is 14.8 Å². The van der Waals surface area contributed by atoms with E-state index in [-0.39, 0.29) is 17.6 Å². The van der Waals surface area contributed by atoms with E-state index in [1.165, 1.54) is 11.8 Å². The third-order valence-electron chi connectivity index (χ3n) is 5.66. The maximum atomic E-state index is 12.9. The van der Waals surface area contributed by atoms with Crippen LogP contribution in [-0.2, 0) is 11.3 Å². The number of ketones is 1. The fourth-order valence-corrected chi connectivity index (χ4v) is 4.56. The molecular weight excluding hydrogens is 430 g/mol. The van der Waals surface area contributed by atoms with E-state index in [0.717, 1.165) is 42.9 Å². The fourth-order valence-electron chi connectivity index (χ4n) is 3.91. The predicted molar refractivity (Wildman–Crippen MR) is 121 cm³/mol. The Morgan fingerprint density at radius 1 is 1.22 bits per heavy atom. The van der Waals surface area contributed by atoms with E-state index in [1.807, 2.05) is 19.9 Å². The van der Waals surface area contributed by atoms with Gasteiger partial charge in [0.15, 0.2) is 5.78 Å². The number of Topliss-reactive ketones (excluding diaryl/α,β-unsaturated/α-hetero) is 1. The van der Waals surface area contributed by atoms with Crippen molar-refractivity contribution in [2.75, 3.05) is 26.6 Å². The molecule has 0 aliphatic carbocycles. The number of ether oxygens (including phenoxy) is 3. The molecule has 0 bridgehead atoms. The second kappa shape index (κ2) is 9.79. The molecule has 1 aliphatic rings. The van der Waals surface area contributed by atoms with E-state index in [4.69, 9.17) is 18.6 Å². The average Bonchev–Trinajstić information content (AvgIpc) is 3.55. The van der Waals surface area contributed by atoms with Gasteiger partial charge in [0.25, 0.3) is 11.1 Å². The second-order valence-corrected chi connectivity index (χ2v) is 8.61. The summed E-state index contributed by atoms with van der Waals surface area (Å²) in [6, 6.07) is 7.30. The molecule has 0 amide bonds. The van der Waals surface area contributed by atoms with Gasteiger partial charge >= 0.3 is 0 Å². The monoisotopic (exact) mass is 457 g/mol. The van der Waals surface area contributed by atoms with Crippen molar-refractivity contribution in [3.8, 4) is 23.0 Å². The molecule has 32 heavy (non-hydrogen) atoms. The normalized spacial score (nSPS) is 15.8. The van der Waals surface area contributed by atoms with Crippen molar-refractivity contribution >= 4 is 17.5 Å². The quantitative estimate of drug-likeness (QED) is 0.347. The molecule has 3 aromatic rings. The largest absolute Gasteiger partial charge is 0.497 e. The summed E-state index contributed by atoms with van der Waals surface area (Å²) in [5.74, 6) is 1.81. The van der Waals surface area contributed by atoms with Gasteiger partial charge in [0.2, 0.25) is 0 Å². The van der Waals surface area contributed by atoms with Crippen molar-refractivity contribution in [3.63, 3.8) is 0 Å². The standard InChI is InChI=1S/C23H27N3O5S/c1-14-10-19(15(2)26(14)12-17-6-5-9-30-17)20(27)13-32-23-25-24-22(31-23)18-8-7-16(28-3)11-21(18)29-4/h7-8,10-11,17H,5-6,9,12-13H2,1-4H3. The first-order valence-electron chi connectivity index (χ1n) is 10.5. The highest BCUT2D eigenvalue weighted by Crippen LogP contribution is 2.34. The Hall–Kier alpha value is -2.78. The van der Waals surface area contributed by atoms with Gasteiger partial charge in [-0.1, -0.05) is 11.8 Å². The lowest BCUT2D eigenvalue weighted by atomic mass is 10.2. The van der Waals surface area contributed by atoms with Crippen molar-refractivity contribution in [1.29, 1.82) is 0 Å². The third kappa shape index (κ3) is 4.68. The molecule has 3 heterocycles. The van der Waals surface area contributed by atoms with Crippen molar-refractivity contribution < 1.29 is 23.4 Å². The molecule has 1 atom stereocenters. The number of nitrogens with zero attached hydrogens (tertiary/aromatic N) is 3. The fraction of sp³-hybridized carbons (Fsp3) is 0.435. The van der Waals surface area contributed by atoms with Crippen molar-refractivity contribution in [3.05, 3.63) is 41.2 Å². The maximum absolute atomic E-state index is 12.9. The molecule has 0 N–H and O–H groups in total. The van der Waals surface area contributed by atoms with Crippen LogP contribution in [0.15, 0.2) is 33.9 Å². The second-order valence-electron chi connectivity index (χ2n) is 7.68. The smallest absolute Gasteiger partial charge is 0.277 e. The Morgan fingerprint density at radius 2 is 2.06 bits per heavy atom. The molecule has 2 aromatic heterocycles. The minimum Gasteiger partial charge on any atom is -0.497 e. The highest BCUT2D eigenvalue weighted by Gasteiger charge is 2.22. The molecule has 1 unspecified atom stereocenters. The lowest BCUT2D eigenvalue weighted by Crippen LogP contribution is -2.17. The minimum atomic E-state index is 0.0310. The number of carbonyl (C=O) groups excluding carboxylic acids is 1. The Balaban J connectivity index is 1.43. The summed E-state index contributed by atoms with van der Waals surface area (Å²) in [4.78, 5) is 12.9. The Kier molecular flexibility index (Phi) is 6.86. The summed E-state index contributed by atoms with van der Waals surface area (Å²) in [6.07, 6.45) is 2.39. The molecule has 0 spiro atoms. The number of hydrogen-bond acceptors (Lipinski definition) is 8. The van der Waals surface area contributed by atoms with Gasteiger partial charge in [-0.2, -0.15) is 0 Å². The van der Waals surface area contributed by atoms with Crippen LogP contribution in [0.5, 0.6) is 11.5 Å². The summed E-state index contributed by atoms with van der Waals surface area (Å²) >= 11 is 1.23. The number of carbonyl (C=O) groups is 1. The van der Waals surface area contributed by atoms with Gasteiger partial charge in [-0.15, -0.1) is 10.2 Å². The van der Waals surface area contributed by atoms with Crippen LogP contribution in [0.4, 0.5) is 0 Å². The molecule has 9 heteroatoms. The first-order chi connectivity index (χ1) is 15.5. The third-order valence-corrected chi connectivity index (χ3v) is 6.48. The van der Waals surface area contributed by atoms with E-state index in [9.17, 15) is 4.79 Å². The van der Waals surface area contributed by atoms with Gasteiger partial charge in [-0.3, -0.25) is 4.79 Å². The van der Waals surface area contributed by atoms with Gasteiger partial charge in [0.05, 0.1) is 31.6 Å². The first-order valence-corrected chi connectivity index (χ1v) is 11.5. The van der Waals surface area contributed by atoms with Crippen LogP contribution in [0.25, 0.3) is 11.5 Å². The first kappa shape index (κ1) is 22.4. The molecule has 0 radical (unpaired) electrons. The van der Waals surface area contributed by atoms with Gasteiger partial charge in [-0.05, 0) is 44.9 Å². The summed E-state index contributed by atoms with van der Waals surface area (Å²) < 4.78 is 24.3. The SMILES string of the molecule is COc1ccc(-c2nnc(SCC(=O)c3cc(C)n(CC4CCCO4)c3C)o2)c(OC)c1. The molecule has 1 aromatic carbocycles. The van der Waals surface area contributed by atoms with E-state index in [1.54, 1.807) is 32.4 Å². The topological polar surface area (TPSA) is 88.6 Å². The highest BCUT2D eigenvalue weighted by molar-refractivity contribution is 7.99. The van der Waals surface area contributed by atoms with Crippen LogP contribution < -0.4 is 9.47 Å². The van der Waals surface area contributed by atoms with Crippen LogP contribution in [0, 0.1) is 13.8 Å². The maximum Gasteiger partial charge on any atom is 0.277 e. The zero-order valence-corrected chi connectivity index (χ0v) is 19.5. The molecule has 1 fully saturated rings. The Labute approximate surface area is 191 Å². The van der Waals surface area contributed by atoms with Gasteiger partial charge in [-0.25, -0.2) is 0 Å². The summed E-state index contributed by atoms with van der Waals surface area (Å²) in [7, 11) is 3.16. The van der Waals surface area contributed by atoms with Gasteiger partial charge in [0, 0.05) is 36.2 Å². The Morgan fingerprint density at radius 3 is 2.78 bits per heavy atom. The van der Waals surface area contributed by atoms with Crippen LogP contribution in [0.2, 0.25) is 0 Å². The van der Waals surface area contributed by atoms with Gasteiger partial charge in [0.1, 0.15) is 11.5 Å². The van der Waals surface area contributed by atoms with Crippen molar-refractivity contribution in [2.24, 2.45) is 0 Å². The van der Waals surface area contributed by atoms with Crippen LogP contribution in [-0.4, -0.2) is 53.2 Å². The molecule has 8 nitrogen and oxygen atoms in total. The summed E-state index contributed by atoms with van der Waals surface area (Å²) in [5.41, 5.74) is 3.43. The molecule has 170 valence electrons. The highest BCUT2D eigenvalue weighted by atomic mass is 32.2. The van der Waals surface area contributed by atoms with Gasteiger partial charge < -0.3 is 23.2 Å². The number of rotatable bonds is 9. The number of methoxy groups -OCH3 is 2. The van der Waals surface area contributed by atoms with Crippen molar-refractivity contribution in [1.82, 2.24) is 14.8 Å². The lowest BCUT2D eigenvalue weighted by Gasteiger charge is -2.14. The number of aryl methyl sites for hydroxylation is 1. The molecule has 1 saturated heterocycles. The van der Waals surface area contributed by atoms with E-state index < -0.39 is 0 Å². The van der Waals surface area contributed by atoms with E-state index >= 15 is 0 Å². The van der Waals surface area contributed by atoms with E-state index in [0.29, 0.717) is 28.2 Å². The number of aromatic nitrogens is 3. The van der Waals surface area contributed by atoms with Crippen LogP contribution >= 0.6 is 11.8 Å². The van der Waals surface area contributed by atoms with Crippen LogP contribution in [0.3, 0.4) is 0 Å². The zero-order chi connectivity index (χ0) is 22.7. The summed E-state index contributed by atoms with van der Waals surface area (Å²) in [5, 5.41) is 8.51. The molecule has 1 aliphatic heterocycles. The predicted octanol–water partition coefficient (Wildman–Crippen LogP) is 4.33. The summed E-state index contributed by atoms with van der Waals surface area (Å²) in [6.45, 7) is 5.62. The number of benzene rings is 1. The average molecular weight is 458 g/mol. The Bertz CT molecular complexity index is 1100. The zero-order valence-electron chi connectivity index (χ0n) is 18.7. The number of hydrogen-bond donors (Lipinski definition) is 0. The minimum absolute atomic E-state index is 0.0310.